The van der Waals surface area contributed by atoms with Gasteiger partial charge in [-0.2, -0.15) is 0 Å². The maximum atomic E-state index is 11.2. The summed E-state index contributed by atoms with van der Waals surface area (Å²) in [6.45, 7) is 0.123. The monoisotopic (exact) mass is 187 g/mol. The summed E-state index contributed by atoms with van der Waals surface area (Å²) in [6.07, 6.45) is 1.62. The number of carbonyl (C=O) groups is 2. The smallest absolute Gasteiger partial charge is 0.255 e. The molecular weight excluding hydrogens is 178 g/mol. The molecule has 0 aliphatic carbocycles. The lowest BCUT2D eigenvalue weighted by Gasteiger charge is -1.93. The fourth-order valence-electron chi connectivity index (χ4n) is 1.34. The number of Topliss-reactive ketones (excluding diaryl/α,β-unsaturated/α-hetero) is 1. The van der Waals surface area contributed by atoms with Crippen molar-refractivity contribution in [2.24, 2.45) is 0 Å². The first-order valence-corrected chi connectivity index (χ1v) is 4.35. The van der Waals surface area contributed by atoms with Crippen molar-refractivity contribution in [1.29, 1.82) is 0 Å². The van der Waals surface area contributed by atoms with E-state index in [1.807, 2.05) is 30.3 Å². The van der Waals surface area contributed by atoms with Crippen molar-refractivity contribution in [3.63, 3.8) is 0 Å². The van der Waals surface area contributed by atoms with Crippen LogP contribution in [-0.4, -0.2) is 18.2 Å². The van der Waals surface area contributed by atoms with Gasteiger partial charge in [0.1, 0.15) is 0 Å². The van der Waals surface area contributed by atoms with E-state index in [0.717, 1.165) is 5.56 Å². The number of hydrogen-bond donors (Lipinski definition) is 1. The summed E-state index contributed by atoms with van der Waals surface area (Å²) in [5, 5.41) is 2.48. The summed E-state index contributed by atoms with van der Waals surface area (Å²) >= 11 is 0. The average Bonchev–Trinajstić information content (AvgIpc) is 2.51. The van der Waals surface area contributed by atoms with Gasteiger partial charge in [-0.25, -0.2) is 0 Å². The summed E-state index contributed by atoms with van der Waals surface area (Å²) in [5.74, 6) is -0.419. The predicted molar refractivity (Wildman–Crippen MR) is 52.4 cm³/mol. The van der Waals surface area contributed by atoms with Crippen LogP contribution in [-0.2, 0) is 9.59 Å². The van der Waals surface area contributed by atoms with Crippen LogP contribution in [0.3, 0.4) is 0 Å². The fraction of sp³-hybridized carbons (Fsp3) is 0.0909. The van der Waals surface area contributed by atoms with Crippen LogP contribution in [0.4, 0.5) is 0 Å². The second-order valence-electron chi connectivity index (χ2n) is 3.07. The molecule has 70 valence electrons. The molecular formula is C11H9NO2. The lowest BCUT2D eigenvalue weighted by Crippen LogP contribution is -2.14. The molecule has 1 aromatic rings. The van der Waals surface area contributed by atoms with E-state index in [-0.39, 0.29) is 23.8 Å². The number of ketones is 1. The van der Waals surface area contributed by atoms with Gasteiger partial charge in [0.2, 0.25) is 0 Å². The van der Waals surface area contributed by atoms with Gasteiger partial charge >= 0.3 is 0 Å². The quantitative estimate of drug-likeness (QED) is 0.521. The molecule has 1 saturated heterocycles. The van der Waals surface area contributed by atoms with Gasteiger partial charge in [0.15, 0.2) is 5.78 Å². The molecule has 1 heterocycles. The molecule has 0 radical (unpaired) electrons. The number of amides is 1. The largest absolute Gasteiger partial charge is 0.344 e. The minimum Gasteiger partial charge on any atom is -0.344 e. The molecule has 1 amide bonds. The standard InChI is InChI=1S/C11H9NO2/c13-10-7-12-11(14)9(10)6-8-4-2-1-3-5-8/h1-6H,7H2,(H,12,14). The Labute approximate surface area is 81.4 Å². The summed E-state index contributed by atoms with van der Waals surface area (Å²) in [4.78, 5) is 22.4. The molecule has 1 N–H and O–H groups in total. The maximum Gasteiger partial charge on any atom is 0.255 e. The summed E-state index contributed by atoms with van der Waals surface area (Å²) in [6, 6.07) is 9.32. The molecule has 1 aliphatic heterocycles. The normalized spacial score (nSPS) is 18.7. The Morgan fingerprint density at radius 2 is 1.86 bits per heavy atom. The SMILES string of the molecule is O=C1CNC(=O)C1=Cc1ccccc1. The molecule has 0 aromatic heterocycles. The zero-order chi connectivity index (χ0) is 9.97. The second-order valence-corrected chi connectivity index (χ2v) is 3.07. The van der Waals surface area contributed by atoms with Gasteiger partial charge in [0.25, 0.3) is 5.91 Å². The number of carbonyl (C=O) groups excluding carboxylic acids is 2. The molecule has 0 bridgehead atoms. The Kier molecular flexibility index (Phi) is 2.14. The molecule has 0 saturated carbocycles. The van der Waals surface area contributed by atoms with Crippen LogP contribution >= 0.6 is 0 Å². The molecule has 0 unspecified atom stereocenters. The lowest BCUT2D eigenvalue weighted by atomic mass is 10.1. The van der Waals surface area contributed by atoms with Crippen LogP contribution < -0.4 is 5.32 Å². The third kappa shape index (κ3) is 1.57. The third-order valence-corrected chi connectivity index (χ3v) is 2.07. The molecule has 1 aromatic carbocycles. The van der Waals surface area contributed by atoms with E-state index < -0.39 is 0 Å². The molecule has 2 rings (SSSR count). The highest BCUT2D eigenvalue weighted by atomic mass is 16.2. The third-order valence-electron chi connectivity index (χ3n) is 2.07. The predicted octanol–water partition coefficient (Wildman–Crippen LogP) is 0.769. The molecule has 3 heteroatoms. The molecule has 0 atom stereocenters. The number of hydrogen-bond acceptors (Lipinski definition) is 2. The van der Waals surface area contributed by atoms with Crippen molar-refractivity contribution >= 4 is 17.8 Å². The van der Waals surface area contributed by atoms with Crippen molar-refractivity contribution in [2.75, 3.05) is 6.54 Å². The zero-order valence-corrected chi connectivity index (χ0v) is 7.49. The van der Waals surface area contributed by atoms with Crippen LogP contribution in [0.25, 0.3) is 6.08 Å². The minimum atomic E-state index is -0.279. The first-order chi connectivity index (χ1) is 6.77. The van der Waals surface area contributed by atoms with Gasteiger partial charge in [-0.3, -0.25) is 9.59 Å². The number of benzene rings is 1. The molecule has 1 fully saturated rings. The molecule has 14 heavy (non-hydrogen) atoms. The van der Waals surface area contributed by atoms with Crippen molar-refractivity contribution in [1.82, 2.24) is 5.32 Å². The van der Waals surface area contributed by atoms with E-state index in [1.165, 1.54) is 0 Å². The van der Waals surface area contributed by atoms with E-state index in [2.05, 4.69) is 5.32 Å². The Morgan fingerprint density at radius 3 is 2.43 bits per heavy atom. The van der Waals surface area contributed by atoms with Gasteiger partial charge in [-0.05, 0) is 11.6 Å². The van der Waals surface area contributed by atoms with Crippen LogP contribution in [0.1, 0.15) is 5.56 Å². The Morgan fingerprint density at radius 1 is 1.14 bits per heavy atom. The minimum absolute atomic E-state index is 0.123. The van der Waals surface area contributed by atoms with Crippen LogP contribution in [0.15, 0.2) is 35.9 Å². The van der Waals surface area contributed by atoms with Crippen molar-refractivity contribution in [3.05, 3.63) is 41.5 Å². The topological polar surface area (TPSA) is 46.2 Å². The van der Waals surface area contributed by atoms with Crippen LogP contribution in [0.2, 0.25) is 0 Å². The zero-order valence-electron chi connectivity index (χ0n) is 7.49. The van der Waals surface area contributed by atoms with Crippen LogP contribution in [0, 0.1) is 0 Å². The van der Waals surface area contributed by atoms with Gasteiger partial charge in [0.05, 0.1) is 12.1 Å². The molecule has 0 spiro atoms. The number of rotatable bonds is 1. The van der Waals surface area contributed by atoms with Crippen molar-refractivity contribution in [2.45, 2.75) is 0 Å². The summed E-state index contributed by atoms with van der Waals surface area (Å²) < 4.78 is 0. The molecule has 1 aliphatic rings. The van der Waals surface area contributed by atoms with E-state index in [4.69, 9.17) is 0 Å². The first kappa shape index (κ1) is 8.69. The Bertz CT molecular complexity index is 389. The van der Waals surface area contributed by atoms with Crippen LogP contribution in [0.5, 0.6) is 0 Å². The lowest BCUT2D eigenvalue weighted by molar-refractivity contribution is -0.117. The summed E-state index contributed by atoms with van der Waals surface area (Å²) in [5.41, 5.74) is 1.11. The second kappa shape index (κ2) is 3.46. The van der Waals surface area contributed by atoms with Gasteiger partial charge in [-0.1, -0.05) is 30.3 Å². The maximum absolute atomic E-state index is 11.2. The average molecular weight is 187 g/mol. The highest BCUT2D eigenvalue weighted by Gasteiger charge is 2.24. The van der Waals surface area contributed by atoms with E-state index in [9.17, 15) is 9.59 Å². The highest BCUT2D eigenvalue weighted by Crippen LogP contribution is 2.10. The highest BCUT2D eigenvalue weighted by molar-refractivity contribution is 6.27. The van der Waals surface area contributed by atoms with Gasteiger partial charge in [0, 0.05) is 0 Å². The van der Waals surface area contributed by atoms with E-state index in [0.29, 0.717) is 0 Å². The first-order valence-electron chi connectivity index (χ1n) is 4.35. The number of nitrogens with one attached hydrogen (secondary N) is 1. The van der Waals surface area contributed by atoms with Gasteiger partial charge in [-0.15, -0.1) is 0 Å². The molecule has 3 nitrogen and oxygen atoms in total. The van der Waals surface area contributed by atoms with Crippen molar-refractivity contribution < 1.29 is 9.59 Å². The Hall–Kier alpha value is -1.90. The summed E-state index contributed by atoms with van der Waals surface area (Å²) in [7, 11) is 0. The Balaban J connectivity index is 2.35. The fourth-order valence-corrected chi connectivity index (χ4v) is 1.34. The van der Waals surface area contributed by atoms with E-state index in [1.54, 1.807) is 6.08 Å². The van der Waals surface area contributed by atoms with Crippen molar-refractivity contribution in [3.8, 4) is 0 Å². The van der Waals surface area contributed by atoms with E-state index >= 15 is 0 Å². The van der Waals surface area contributed by atoms with Gasteiger partial charge < -0.3 is 5.32 Å².